The van der Waals surface area contributed by atoms with E-state index in [2.05, 4.69) is 45.1 Å². The Kier molecular flexibility index (Phi) is 4.04. The smallest absolute Gasteiger partial charge is 0.161 e. The summed E-state index contributed by atoms with van der Waals surface area (Å²) in [5, 5.41) is 12.4. The molecule has 2 rings (SSSR count). The van der Waals surface area contributed by atoms with Gasteiger partial charge in [-0.1, -0.05) is 13.8 Å². The van der Waals surface area contributed by atoms with Gasteiger partial charge in [0.05, 0.1) is 10.2 Å². The zero-order valence-electron chi connectivity index (χ0n) is 11.1. The van der Waals surface area contributed by atoms with Gasteiger partial charge in [0.15, 0.2) is 5.82 Å². The van der Waals surface area contributed by atoms with Crippen LogP contribution in [0.25, 0.3) is 11.4 Å². The van der Waals surface area contributed by atoms with Gasteiger partial charge in [-0.2, -0.15) is 0 Å². The molecule has 1 heterocycles. The van der Waals surface area contributed by atoms with E-state index in [-0.39, 0.29) is 5.75 Å². The van der Waals surface area contributed by atoms with Crippen LogP contribution in [-0.2, 0) is 0 Å². The number of halogens is 1. The van der Waals surface area contributed by atoms with Gasteiger partial charge in [0.25, 0.3) is 0 Å². The van der Waals surface area contributed by atoms with E-state index >= 15 is 0 Å². The first-order valence-corrected chi connectivity index (χ1v) is 6.86. The Hall–Kier alpha value is -1.62. The fourth-order valence-electron chi connectivity index (χ4n) is 1.75. The molecule has 0 bridgehead atoms. The molecule has 0 radical (unpaired) electrons. The van der Waals surface area contributed by atoms with Crippen molar-refractivity contribution in [2.24, 2.45) is 0 Å². The van der Waals surface area contributed by atoms with Crippen LogP contribution < -0.4 is 5.32 Å². The second-order valence-electron chi connectivity index (χ2n) is 4.55. The summed E-state index contributed by atoms with van der Waals surface area (Å²) in [6.07, 6.45) is 0. The molecule has 0 aliphatic heterocycles. The van der Waals surface area contributed by atoms with Crippen molar-refractivity contribution in [3.8, 4) is 17.1 Å². The van der Waals surface area contributed by atoms with Crippen molar-refractivity contribution in [3.05, 3.63) is 34.4 Å². The summed E-state index contributed by atoms with van der Waals surface area (Å²) in [5.74, 6) is 1.94. The summed E-state index contributed by atoms with van der Waals surface area (Å²) in [7, 11) is 1.83. The summed E-state index contributed by atoms with van der Waals surface area (Å²) in [6, 6.07) is 6.88. The molecule has 0 spiro atoms. The van der Waals surface area contributed by atoms with Crippen LogP contribution in [0.5, 0.6) is 5.75 Å². The van der Waals surface area contributed by atoms with Crippen molar-refractivity contribution >= 4 is 21.7 Å². The van der Waals surface area contributed by atoms with E-state index in [4.69, 9.17) is 0 Å². The number of phenolic OH excluding ortho intramolecular Hbond substituents is 1. The number of aromatic hydroxyl groups is 1. The molecule has 0 amide bonds. The monoisotopic (exact) mass is 321 g/mol. The quantitative estimate of drug-likeness (QED) is 0.903. The second kappa shape index (κ2) is 5.57. The number of hydrogen-bond donors (Lipinski definition) is 2. The lowest BCUT2D eigenvalue weighted by atomic mass is 10.1. The number of phenols is 1. The Bertz CT molecular complexity index is 582. The minimum atomic E-state index is 0.235. The molecule has 4 nitrogen and oxygen atoms in total. The Morgan fingerprint density at radius 1 is 1.16 bits per heavy atom. The Morgan fingerprint density at radius 2 is 1.79 bits per heavy atom. The molecule has 2 N–H and O–H groups in total. The minimum absolute atomic E-state index is 0.235. The van der Waals surface area contributed by atoms with Gasteiger partial charge in [-0.3, -0.25) is 0 Å². The maximum absolute atomic E-state index is 9.33. The largest absolute Gasteiger partial charge is 0.508 e. The van der Waals surface area contributed by atoms with Gasteiger partial charge >= 0.3 is 0 Å². The molecule has 0 fully saturated rings. The van der Waals surface area contributed by atoms with Crippen LogP contribution in [0, 0.1) is 0 Å². The molecule has 0 saturated carbocycles. The number of anilines is 1. The highest BCUT2D eigenvalue weighted by Crippen LogP contribution is 2.31. The highest BCUT2D eigenvalue weighted by Gasteiger charge is 2.15. The third-order valence-electron chi connectivity index (χ3n) is 2.79. The van der Waals surface area contributed by atoms with Crippen LogP contribution in [0.4, 0.5) is 5.82 Å². The molecule has 2 aromatic rings. The van der Waals surface area contributed by atoms with E-state index in [0.717, 1.165) is 21.5 Å². The number of rotatable bonds is 3. The topological polar surface area (TPSA) is 58.0 Å². The van der Waals surface area contributed by atoms with Gasteiger partial charge in [-0.25, -0.2) is 9.97 Å². The minimum Gasteiger partial charge on any atom is -0.508 e. The number of benzene rings is 1. The maximum Gasteiger partial charge on any atom is 0.161 e. The SMILES string of the molecule is CNc1nc(-c2ccc(O)cc2)nc(C(C)C)c1Br. The van der Waals surface area contributed by atoms with E-state index in [1.54, 1.807) is 12.1 Å². The summed E-state index contributed by atoms with van der Waals surface area (Å²) in [5.41, 5.74) is 1.84. The van der Waals surface area contributed by atoms with Gasteiger partial charge in [0, 0.05) is 12.6 Å². The molecular formula is C14H16BrN3O. The molecule has 100 valence electrons. The van der Waals surface area contributed by atoms with Gasteiger partial charge in [-0.15, -0.1) is 0 Å². The van der Waals surface area contributed by atoms with E-state index in [9.17, 15) is 5.11 Å². The first kappa shape index (κ1) is 13.8. The molecular weight excluding hydrogens is 306 g/mol. The van der Waals surface area contributed by atoms with Crippen molar-refractivity contribution in [1.82, 2.24) is 9.97 Å². The molecule has 0 aliphatic rings. The lowest BCUT2D eigenvalue weighted by Gasteiger charge is -2.13. The fraction of sp³-hybridized carbons (Fsp3) is 0.286. The number of hydrogen-bond acceptors (Lipinski definition) is 4. The standard InChI is InChI=1S/C14H16BrN3O/c1-8(2)12-11(15)14(16-3)18-13(17-12)9-4-6-10(19)7-5-9/h4-8,19H,1-3H3,(H,16,17,18). The van der Waals surface area contributed by atoms with Crippen molar-refractivity contribution < 1.29 is 5.11 Å². The van der Waals surface area contributed by atoms with Crippen molar-refractivity contribution in [1.29, 1.82) is 0 Å². The van der Waals surface area contributed by atoms with E-state index < -0.39 is 0 Å². The number of nitrogens with one attached hydrogen (secondary N) is 1. The van der Waals surface area contributed by atoms with Crippen LogP contribution in [0.15, 0.2) is 28.7 Å². The Balaban J connectivity index is 2.57. The van der Waals surface area contributed by atoms with Gasteiger partial charge in [0.2, 0.25) is 0 Å². The van der Waals surface area contributed by atoms with Gasteiger partial charge < -0.3 is 10.4 Å². The van der Waals surface area contributed by atoms with E-state index in [1.807, 2.05) is 19.2 Å². The molecule has 1 aromatic heterocycles. The van der Waals surface area contributed by atoms with E-state index in [0.29, 0.717) is 11.7 Å². The van der Waals surface area contributed by atoms with Gasteiger partial charge in [-0.05, 0) is 46.1 Å². The normalized spacial score (nSPS) is 10.8. The summed E-state index contributed by atoms with van der Waals surface area (Å²) in [6.45, 7) is 4.18. The highest BCUT2D eigenvalue weighted by molar-refractivity contribution is 9.10. The van der Waals surface area contributed by atoms with Crippen LogP contribution >= 0.6 is 15.9 Å². The first-order valence-electron chi connectivity index (χ1n) is 6.07. The van der Waals surface area contributed by atoms with Crippen LogP contribution in [0.3, 0.4) is 0 Å². The summed E-state index contributed by atoms with van der Waals surface area (Å²) in [4.78, 5) is 9.08. The zero-order chi connectivity index (χ0) is 14.0. The molecule has 19 heavy (non-hydrogen) atoms. The Morgan fingerprint density at radius 3 is 2.32 bits per heavy atom. The predicted molar refractivity (Wildman–Crippen MR) is 80.5 cm³/mol. The molecule has 0 atom stereocenters. The number of nitrogens with zero attached hydrogens (tertiary/aromatic N) is 2. The average Bonchev–Trinajstić information content (AvgIpc) is 2.39. The molecule has 5 heteroatoms. The number of aromatic nitrogens is 2. The van der Waals surface area contributed by atoms with Gasteiger partial charge in [0.1, 0.15) is 11.6 Å². The van der Waals surface area contributed by atoms with Crippen LogP contribution in [0.2, 0.25) is 0 Å². The summed E-state index contributed by atoms with van der Waals surface area (Å²) >= 11 is 3.53. The van der Waals surface area contributed by atoms with E-state index in [1.165, 1.54) is 0 Å². The second-order valence-corrected chi connectivity index (χ2v) is 5.34. The average molecular weight is 322 g/mol. The molecule has 0 aliphatic carbocycles. The predicted octanol–water partition coefficient (Wildman–Crippen LogP) is 3.78. The lowest BCUT2D eigenvalue weighted by Crippen LogP contribution is -2.04. The Labute approximate surface area is 121 Å². The van der Waals surface area contributed by atoms with Crippen molar-refractivity contribution in [3.63, 3.8) is 0 Å². The first-order chi connectivity index (χ1) is 9.02. The maximum atomic E-state index is 9.33. The lowest BCUT2D eigenvalue weighted by molar-refractivity contribution is 0.475. The third kappa shape index (κ3) is 2.87. The van der Waals surface area contributed by atoms with Crippen molar-refractivity contribution in [2.45, 2.75) is 19.8 Å². The molecule has 0 saturated heterocycles. The molecule has 0 unspecified atom stereocenters. The zero-order valence-corrected chi connectivity index (χ0v) is 12.7. The van der Waals surface area contributed by atoms with Crippen LogP contribution in [0.1, 0.15) is 25.5 Å². The third-order valence-corrected chi connectivity index (χ3v) is 3.57. The highest BCUT2D eigenvalue weighted by atomic mass is 79.9. The van der Waals surface area contributed by atoms with Crippen molar-refractivity contribution in [2.75, 3.05) is 12.4 Å². The molecule has 1 aromatic carbocycles. The summed E-state index contributed by atoms with van der Waals surface area (Å²) < 4.78 is 0.896. The van der Waals surface area contributed by atoms with Crippen LogP contribution in [-0.4, -0.2) is 22.1 Å². The fourth-order valence-corrected chi connectivity index (χ4v) is 2.59.